The topological polar surface area (TPSA) is 57.2 Å². The second-order valence-electron chi connectivity index (χ2n) is 7.68. The van der Waals surface area contributed by atoms with Gasteiger partial charge in [-0.2, -0.15) is 0 Å². The summed E-state index contributed by atoms with van der Waals surface area (Å²) in [6.45, 7) is 8.50. The molecule has 2 aromatic carbocycles. The summed E-state index contributed by atoms with van der Waals surface area (Å²) in [6.07, 6.45) is 1.74. The van der Waals surface area contributed by atoms with Crippen LogP contribution in [0.1, 0.15) is 22.4 Å². The van der Waals surface area contributed by atoms with Gasteiger partial charge < -0.3 is 4.74 Å². The second-order valence-corrected chi connectivity index (χ2v) is 7.68. The maximum absolute atomic E-state index is 5.50. The Morgan fingerprint density at radius 3 is 2.50 bits per heavy atom. The smallest absolute Gasteiger partial charge is 0.185 e. The molecule has 30 heavy (non-hydrogen) atoms. The minimum Gasteiger partial charge on any atom is -0.496 e. The molecular formula is C24H23N5O. The molecule has 5 rings (SSSR count). The van der Waals surface area contributed by atoms with E-state index in [-0.39, 0.29) is 0 Å². The van der Waals surface area contributed by atoms with E-state index < -0.39 is 0 Å². The Hall–Kier alpha value is -3.67. The molecule has 0 fully saturated rings. The Morgan fingerprint density at radius 1 is 0.933 bits per heavy atom. The van der Waals surface area contributed by atoms with Gasteiger partial charge in [0.05, 0.1) is 23.7 Å². The maximum atomic E-state index is 5.50. The third kappa shape index (κ3) is 2.60. The number of nitrogens with zero attached hydrogens (tertiary/aromatic N) is 5. The first-order valence-corrected chi connectivity index (χ1v) is 9.93. The quantitative estimate of drug-likeness (QED) is 0.431. The predicted octanol–water partition coefficient (Wildman–Crippen LogP) is 4.98. The van der Waals surface area contributed by atoms with Crippen LogP contribution < -0.4 is 4.74 Å². The lowest BCUT2D eigenvalue weighted by Crippen LogP contribution is -2.01. The number of aryl methyl sites for hydroxylation is 3. The summed E-state index contributed by atoms with van der Waals surface area (Å²) < 4.78 is 9.47. The van der Waals surface area contributed by atoms with Crippen molar-refractivity contribution in [3.05, 3.63) is 71.2 Å². The Labute approximate surface area is 174 Å². The summed E-state index contributed by atoms with van der Waals surface area (Å²) >= 11 is 0. The number of fused-ring (bicyclic) bond motifs is 3. The van der Waals surface area contributed by atoms with Gasteiger partial charge in [-0.25, -0.2) is 14.5 Å². The van der Waals surface area contributed by atoms with Crippen LogP contribution in [0.4, 0.5) is 0 Å². The number of hydrogen-bond donors (Lipinski definition) is 0. The fourth-order valence-corrected chi connectivity index (χ4v) is 4.16. The molecule has 0 N–H and O–H groups in total. The Bertz CT molecular complexity index is 1430. The molecule has 3 heterocycles. The summed E-state index contributed by atoms with van der Waals surface area (Å²) in [4.78, 5) is 9.66. The van der Waals surface area contributed by atoms with E-state index in [0.29, 0.717) is 5.82 Å². The fourth-order valence-electron chi connectivity index (χ4n) is 4.16. The Balaban J connectivity index is 1.80. The van der Waals surface area contributed by atoms with Crippen molar-refractivity contribution in [2.24, 2.45) is 0 Å². The van der Waals surface area contributed by atoms with E-state index in [1.807, 2.05) is 24.3 Å². The van der Waals surface area contributed by atoms with Crippen LogP contribution in [-0.4, -0.2) is 31.3 Å². The molecule has 5 aromatic rings. The normalized spacial score (nSPS) is 11.5. The summed E-state index contributed by atoms with van der Waals surface area (Å²) in [5, 5.41) is 5.69. The van der Waals surface area contributed by atoms with Crippen molar-refractivity contribution >= 4 is 16.7 Å². The number of hydrogen-bond acceptors (Lipinski definition) is 4. The highest BCUT2D eigenvalue weighted by molar-refractivity contribution is 5.95. The fraction of sp³-hybridized carbons (Fsp3) is 0.208. The molecule has 0 saturated heterocycles. The molecule has 0 unspecified atom stereocenters. The first kappa shape index (κ1) is 18.4. The standard InChI is InChI=1S/C24H23N5O/c1-14-10-11-19(15(2)12-14)29-17(4)16(3)21-23(29)25-13-28-24(21)26-22(27-28)18-8-6-7-9-20(18)30-5/h6-13H,1-5H3. The molecule has 0 radical (unpaired) electrons. The van der Waals surface area contributed by atoms with Gasteiger partial charge in [-0.05, 0) is 57.0 Å². The Kier molecular flexibility index (Phi) is 4.10. The van der Waals surface area contributed by atoms with Crippen LogP contribution in [0.5, 0.6) is 5.75 Å². The molecule has 0 aliphatic carbocycles. The lowest BCUT2D eigenvalue weighted by Gasteiger charge is -2.12. The third-order valence-corrected chi connectivity index (χ3v) is 5.77. The van der Waals surface area contributed by atoms with Crippen molar-refractivity contribution in [1.82, 2.24) is 24.1 Å². The molecule has 0 aliphatic rings. The molecular weight excluding hydrogens is 374 g/mol. The van der Waals surface area contributed by atoms with Crippen molar-refractivity contribution in [2.75, 3.05) is 7.11 Å². The number of para-hydroxylation sites is 1. The van der Waals surface area contributed by atoms with Crippen LogP contribution >= 0.6 is 0 Å². The van der Waals surface area contributed by atoms with E-state index in [1.54, 1.807) is 18.0 Å². The molecule has 0 aliphatic heterocycles. The molecule has 3 aromatic heterocycles. The molecule has 0 spiro atoms. The second kappa shape index (κ2) is 6.69. The monoisotopic (exact) mass is 397 g/mol. The maximum Gasteiger partial charge on any atom is 0.185 e. The lowest BCUT2D eigenvalue weighted by molar-refractivity contribution is 0.416. The molecule has 0 saturated carbocycles. The summed E-state index contributed by atoms with van der Waals surface area (Å²) in [7, 11) is 1.66. The highest BCUT2D eigenvalue weighted by atomic mass is 16.5. The lowest BCUT2D eigenvalue weighted by atomic mass is 10.1. The number of aromatic nitrogens is 5. The number of methoxy groups -OCH3 is 1. The van der Waals surface area contributed by atoms with Crippen LogP contribution in [0.15, 0.2) is 48.8 Å². The van der Waals surface area contributed by atoms with E-state index in [1.165, 1.54) is 11.1 Å². The van der Waals surface area contributed by atoms with E-state index >= 15 is 0 Å². The average Bonchev–Trinajstić information content (AvgIpc) is 3.28. The largest absolute Gasteiger partial charge is 0.496 e. The van der Waals surface area contributed by atoms with Crippen molar-refractivity contribution < 1.29 is 4.74 Å². The van der Waals surface area contributed by atoms with E-state index in [0.717, 1.165) is 44.9 Å². The van der Waals surface area contributed by atoms with Gasteiger partial charge >= 0.3 is 0 Å². The summed E-state index contributed by atoms with van der Waals surface area (Å²) in [5.74, 6) is 1.37. The van der Waals surface area contributed by atoms with Crippen molar-refractivity contribution in [2.45, 2.75) is 27.7 Å². The zero-order chi connectivity index (χ0) is 21.0. The zero-order valence-electron chi connectivity index (χ0n) is 17.8. The molecule has 6 nitrogen and oxygen atoms in total. The summed E-state index contributed by atoms with van der Waals surface area (Å²) in [6, 6.07) is 14.3. The van der Waals surface area contributed by atoms with E-state index in [4.69, 9.17) is 14.7 Å². The molecule has 0 bridgehead atoms. The molecule has 6 heteroatoms. The first-order chi connectivity index (χ1) is 14.5. The van der Waals surface area contributed by atoms with Gasteiger partial charge in [0.1, 0.15) is 12.1 Å². The highest BCUT2D eigenvalue weighted by Gasteiger charge is 2.20. The third-order valence-electron chi connectivity index (χ3n) is 5.77. The number of rotatable bonds is 3. The van der Waals surface area contributed by atoms with E-state index in [9.17, 15) is 0 Å². The van der Waals surface area contributed by atoms with Crippen LogP contribution in [-0.2, 0) is 0 Å². The van der Waals surface area contributed by atoms with Crippen molar-refractivity contribution in [1.29, 1.82) is 0 Å². The predicted molar refractivity (Wildman–Crippen MR) is 119 cm³/mol. The van der Waals surface area contributed by atoms with Crippen LogP contribution in [0.2, 0.25) is 0 Å². The zero-order valence-corrected chi connectivity index (χ0v) is 17.8. The minimum absolute atomic E-state index is 0.623. The van der Waals surface area contributed by atoms with Gasteiger partial charge in [-0.15, -0.1) is 5.10 Å². The van der Waals surface area contributed by atoms with Gasteiger partial charge in [0.25, 0.3) is 0 Å². The van der Waals surface area contributed by atoms with Gasteiger partial charge in [-0.3, -0.25) is 4.57 Å². The SMILES string of the molecule is COc1ccccc1-c1nc2c3c(C)c(C)n(-c4ccc(C)cc4C)c3ncn2n1. The van der Waals surface area contributed by atoms with E-state index in [2.05, 4.69) is 55.6 Å². The summed E-state index contributed by atoms with van der Waals surface area (Å²) in [5.41, 5.74) is 8.46. The highest BCUT2D eigenvalue weighted by Crippen LogP contribution is 2.33. The van der Waals surface area contributed by atoms with Gasteiger partial charge in [0.2, 0.25) is 0 Å². The minimum atomic E-state index is 0.623. The van der Waals surface area contributed by atoms with Crippen LogP contribution in [0.3, 0.4) is 0 Å². The molecule has 150 valence electrons. The van der Waals surface area contributed by atoms with Crippen molar-refractivity contribution in [3.8, 4) is 22.8 Å². The molecule has 0 atom stereocenters. The average molecular weight is 397 g/mol. The Morgan fingerprint density at radius 2 is 1.73 bits per heavy atom. The number of ether oxygens (including phenoxy) is 1. The first-order valence-electron chi connectivity index (χ1n) is 9.93. The van der Waals surface area contributed by atoms with Crippen LogP contribution in [0.25, 0.3) is 33.8 Å². The van der Waals surface area contributed by atoms with Crippen molar-refractivity contribution in [3.63, 3.8) is 0 Å². The van der Waals surface area contributed by atoms with Gasteiger partial charge in [0, 0.05) is 5.69 Å². The van der Waals surface area contributed by atoms with Gasteiger partial charge in [0.15, 0.2) is 17.1 Å². The molecule has 0 amide bonds. The van der Waals surface area contributed by atoms with Crippen LogP contribution in [0, 0.1) is 27.7 Å². The number of benzene rings is 2. The van der Waals surface area contributed by atoms with Gasteiger partial charge in [-0.1, -0.05) is 29.8 Å².